The average molecular weight is 282 g/mol. The normalized spacial score (nSPS) is 39.1. The summed E-state index contributed by atoms with van der Waals surface area (Å²) >= 11 is 0. The average Bonchev–Trinajstić information content (AvgIpc) is 2.54. The third-order valence-electron chi connectivity index (χ3n) is 6.18. The van der Waals surface area contributed by atoms with Gasteiger partial charge in [-0.2, -0.15) is 0 Å². The Balaban J connectivity index is 1.99. The topological polar surface area (TPSA) is 38.5 Å². The van der Waals surface area contributed by atoms with Gasteiger partial charge in [-0.1, -0.05) is 13.3 Å². The highest BCUT2D eigenvalue weighted by atomic mass is 16.5. The van der Waals surface area contributed by atoms with Gasteiger partial charge in [0.25, 0.3) is 0 Å². The molecule has 0 radical (unpaired) electrons. The molecule has 2 aliphatic carbocycles. The minimum Gasteiger partial charge on any atom is -0.381 e. The second-order valence-electron chi connectivity index (χ2n) is 7.08. The Morgan fingerprint density at radius 3 is 2.45 bits per heavy atom. The molecule has 2 fully saturated rings. The van der Waals surface area contributed by atoms with Crippen LogP contribution in [0.15, 0.2) is 0 Å². The van der Waals surface area contributed by atoms with Gasteiger partial charge < -0.3 is 10.5 Å². The van der Waals surface area contributed by atoms with E-state index < -0.39 is 0 Å². The number of methoxy groups -OCH3 is 1. The summed E-state index contributed by atoms with van der Waals surface area (Å²) in [6, 6.07) is 0.733. The second-order valence-corrected chi connectivity index (χ2v) is 7.08. The first kappa shape index (κ1) is 16.3. The van der Waals surface area contributed by atoms with Crippen LogP contribution in [0.4, 0.5) is 0 Å². The van der Waals surface area contributed by atoms with E-state index in [2.05, 4.69) is 18.9 Å². The molecule has 0 heterocycles. The Bertz CT molecular complexity index is 289. The van der Waals surface area contributed by atoms with E-state index in [0.29, 0.717) is 6.10 Å². The summed E-state index contributed by atoms with van der Waals surface area (Å²) in [6.45, 7) is 3.11. The Labute approximate surface area is 125 Å². The highest BCUT2D eigenvalue weighted by Gasteiger charge is 2.41. The van der Waals surface area contributed by atoms with E-state index in [1.807, 2.05) is 7.11 Å². The third-order valence-corrected chi connectivity index (χ3v) is 6.18. The number of hydrogen-bond acceptors (Lipinski definition) is 3. The molecule has 2 saturated carbocycles. The van der Waals surface area contributed by atoms with Crippen molar-refractivity contribution in [1.82, 2.24) is 4.90 Å². The van der Waals surface area contributed by atoms with Crippen LogP contribution in [0.25, 0.3) is 0 Å². The van der Waals surface area contributed by atoms with Gasteiger partial charge in [-0.05, 0) is 64.3 Å². The van der Waals surface area contributed by atoms with Crippen LogP contribution in [-0.2, 0) is 4.74 Å². The zero-order chi connectivity index (χ0) is 14.6. The maximum Gasteiger partial charge on any atom is 0.0589 e. The molecule has 2 rings (SSSR count). The van der Waals surface area contributed by atoms with Crippen LogP contribution >= 0.6 is 0 Å². The van der Waals surface area contributed by atoms with E-state index >= 15 is 0 Å². The highest BCUT2D eigenvalue weighted by Crippen LogP contribution is 2.38. The molecule has 2 N–H and O–H groups in total. The Morgan fingerprint density at radius 1 is 1.20 bits per heavy atom. The van der Waals surface area contributed by atoms with E-state index in [-0.39, 0.29) is 5.54 Å². The van der Waals surface area contributed by atoms with Crippen molar-refractivity contribution in [2.75, 3.05) is 20.7 Å². The summed E-state index contributed by atoms with van der Waals surface area (Å²) in [4.78, 5) is 2.64. The van der Waals surface area contributed by atoms with Gasteiger partial charge in [-0.3, -0.25) is 4.90 Å². The molecular formula is C17H34N2O. The lowest BCUT2D eigenvalue weighted by Gasteiger charge is -2.50. The summed E-state index contributed by atoms with van der Waals surface area (Å²) in [5, 5.41) is 0. The molecule has 2 atom stereocenters. The number of ether oxygens (including phenoxy) is 1. The summed E-state index contributed by atoms with van der Waals surface area (Å²) in [7, 11) is 4.17. The number of nitrogens with two attached hydrogens (primary N) is 1. The largest absolute Gasteiger partial charge is 0.381 e. The van der Waals surface area contributed by atoms with Crippen molar-refractivity contribution in [2.24, 2.45) is 11.7 Å². The van der Waals surface area contributed by atoms with Gasteiger partial charge in [0.15, 0.2) is 0 Å². The lowest BCUT2D eigenvalue weighted by atomic mass is 9.76. The Kier molecular flexibility index (Phi) is 5.88. The molecule has 3 nitrogen and oxygen atoms in total. The van der Waals surface area contributed by atoms with Crippen LogP contribution in [-0.4, -0.2) is 43.3 Å². The first-order valence-electron chi connectivity index (χ1n) is 8.61. The lowest BCUT2D eigenvalue weighted by Crippen LogP contribution is -2.59. The molecule has 20 heavy (non-hydrogen) atoms. The van der Waals surface area contributed by atoms with Gasteiger partial charge in [0.05, 0.1) is 6.10 Å². The molecule has 2 aliphatic rings. The molecule has 0 aromatic rings. The number of likely N-dealkylation sites (N-methyl/N-ethyl adjacent to an activating group) is 1. The molecule has 0 bridgehead atoms. The predicted molar refractivity (Wildman–Crippen MR) is 84.9 cm³/mol. The minimum absolute atomic E-state index is 0.183. The monoisotopic (exact) mass is 282 g/mol. The lowest BCUT2D eigenvalue weighted by molar-refractivity contribution is -0.0361. The van der Waals surface area contributed by atoms with Crippen LogP contribution in [0.5, 0.6) is 0 Å². The molecule has 0 saturated heterocycles. The van der Waals surface area contributed by atoms with Gasteiger partial charge in [0, 0.05) is 25.2 Å². The van der Waals surface area contributed by atoms with E-state index in [1.54, 1.807) is 0 Å². The minimum atomic E-state index is 0.183. The molecule has 0 aromatic heterocycles. The van der Waals surface area contributed by atoms with E-state index in [0.717, 1.165) is 24.9 Å². The highest BCUT2D eigenvalue weighted by molar-refractivity contribution is 4.98. The molecule has 2 unspecified atom stereocenters. The summed E-state index contributed by atoms with van der Waals surface area (Å²) in [6.07, 6.45) is 12.1. The van der Waals surface area contributed by atoms with Crippen LogP contribution in [0.2, 0.25) is 0 Å². The first-order valence-corrected chi connectivity index (χ1v) is 8.61. The maximum atomic E-state index is 6.22. The van der Waals surface area contributed by atoms with Crippen molar-refractivity contribution in [2.45, 2.75) is 82.4 Å². The van der Waals surface area contributed by atoms with Crippen molar-refractivity contribution in [3.05, 3.63) is 0 Å². The predicted octanol–water partition coefficient (Wildman–Crippen LogP) is 3.17. The van der Waals surface area contributed by atoms with Crippen LogP contribution in [0, 0.1) is 5.92 Å². The van der Waals surface area contributed by atoms with Crippen molar-refractivity contribution >= 4 is 0 Å². The number of rotatable bonds is 5. The van der Waals surface area contributed by atoms with E-state index in [4.69, 9.17) is 10.5 Å². The molecule has 0 aromatic carbocycles. The van der Waals surface area contributed by atoms with Gasteiger partial charge in [0.1, 0.15) is 0 Å². The summed E-state index contributed by atoms with van der Waals surface area (Å²) < 4.78 is 5.64. The zero-order valence-corrected chi connectivity index (χ0v) is 13.7. The van der Waals surface area contributed by atoms with E-state index in [9.17, 15) is 0 Å². The smallest absolute Gasteiger partial charge is 0.0589 e. The fourth-order valence-electron chi connectivity index (χ4n) is 4.47. The standard InChI is InChI=1S/C17H34N2O/c1-4-14-7-9-15(10-8-14)19(2)17(13-18)11-5-6-16(12-17)20-3/h14-16H,4-13,18H2,1-3H3. The third kappa shape index (κ3) is 3.37. The van der Waals surface area contributed by atoms with Crippen LogP contribution in [0.3, 0.4) is 0 Å². The fourth-order valence-corrected chi connectivity index (χ4v) is 4.47. The van der Waals surface area contributed by atoms with Crippen LogP contribution < -0.4 is 5.73 Å². The van der Waals surface area contributed by atoms with Crippen molar-refractivity contribution in [3.63, 3.8) is 0 Å². The van der Waals surface area contributed by atoms with Gasteiger partial charge in [-0.15, -0.1) is 0 Å². The molecule has 0 spiro atoms. The number of nitrogens with zero attached hydrogens (tertiary/aromatic N) is 1. The van der Waals surface area contributed by atoms with Crippen molar-refractivity contribution in [3.8, 4) is 0 Å². The van der Waals surface area contributed by atoms with Crippen molar-refractivity contribution in [1.29, 1.82) is 0 Å². The summed E-state index contributed by atoms with van der Waals surface area (Å²) in [5.41, 5.74) is 6.40. The quantitative estimate of drug-likeness (QED) is 0.841. The molecule has 0 amide bonds. The fraction of sp³-hybridized carbons (Fsp3) is 1.00. The Hall–Kier alpha value is -0.120. The van der Waals surface area contributed by atoms with Gasteiger partial charge in [0.2, 0.25) is 0 Å². The molecule has 118 valence electrons. The molecule has 0 aliphatic heterocycles. The second kappa shape index (κ2) is 7.24. The van der Waals surface area contributed by atoms with Crippen molar-refractivity contribution < 1.29 is 4.74 Å². The first-order chi connectivity index (χ1) is 9.65. The van der Waals surface area contributed by atoms with E-state index in [1.165, 1.54) is 51.4 Å². The maximum absolute atomic E-state index is 6.22. The molecule has 3 heteroatoms. The van der Waals surface area contributed by atoms with Gasteiger partial charge in [-0.25, -0.2) is 0 Å². The number of hydrogen-bond donors (Lipinski definition) is 1. The van der Waals surface area contributed by atoms with Crippen LogP contribution in [0.1, 0.15) is 64.7 Å². The Morgan fingerprint density at radius 2 is 1.90 bits per heavy atom. The van der Waals surface area contributed by atoms with Gasteiger partial charge >= 0.3 is 0 Å². The SMILES string of the molecule is CCC1CCC(N(C)C2(CN)CCCC(OC)C2)CC1. The summed E-state index contributed by atoms with van der Waals surface area (Å²) in [5.74, 6) is 0.964. The zero-order valence-electron chi connectivity index (χ0n) is 13.7. The molecular weight excluding hydrogens is 248 g/mol.